The molecule has 33 heavy (non-hydrogen) atoms. The Labute approximate surface area is 192 Å². The Morgan fingerprint density at radius 2 is 1.79 bits per heavy atom. The molecule has 0 aliphatic carbocycles. The number of nitrogens with one attached hydrogen (secondary N) is 3. The van der Waals surface area contributed by atoms with Crippen LogP contribution in [0.3, 0.4) is 0 Å². The van der Waals surface area contributed by atoms with Gasteiger partial charge in [-0.25, -0.2) is 10.3 Å². The second-order valence-corrected chi connectivity index (χ2v) is 8.49. The molecule has 0 saturated carbocycles. The molecule has 0 saturated heterocycles. The second kappa shape index (κ2) is 11.8. The zero-order chi connectivity index (χ0) is 24.4. The van der Waals surface area contributed by atoms with Crippen LogP contribution in [0.4, 0.5) is 10.5 Å². The van der Waals surface area contributed by atoms with E-state index in [0.29, 0.717) is 24.2 Å². The van der Waals surface area contributed by atoms with Gasteiger partial charge in [0, 0.05) is 24.2 Å². The molecular formula is C23H30N4O6. The highest BCUT2D eigenvalue weighted by Crippen LogP contribution is 2.14. The average Bonchev–Trinajstić information content (AvgIpc) is 2.74. The van der Waals surface area contributed by atoms with Gasteiger partial charge >= 0.3 is 6.09 Å². The number of aromatic nitrogens is 1. The monoisotopic (exact) mass is 458 g/mol. The van der Waals surface area contributed by atoms with Gasteiger partial charge in [0.1, 0.15) is 17.4 Å². The molecule has 1 atom stereocenters. The number of aryl methyl sites for hydroxylation is 1. The maximum Gasteiger partial charge on any atom is 0.408 e. The summed E-state index contributed by atoms with van der Waals surface area (Å²) in [6.07, 6.45) is 2.04. The Morgan fingerprint density at radius 3 is 2.36 bits per heavy atom. The second-order valence-electron chi connectivity index (χ2n) is 8.49. The van der Waals surface area contributed by atoms with Crippen molar-refractivity contribution >= 4 is 23.6 Å². The first-order valence-corrected chi connectivity index (χ1v) is 10.5. The van der Waals surface area contributed by atoms with Crippen molar-refractivity contribution in [2.45, 2.75) is 58.1 Å². The topological polar surface area (TPSA) is 150 Å². The molecule has 1 aromatic carbocycles. The Kier molecular flexibility index (Phi) is 9.17. The van der Waals surface area contributed by atoms with Crippen LogP contribution in [0.1, 0.15) is 44.9 Å². The number of amides is 3. The van der Waals surface area contributed by atoms with Crippen molar-refractivity contribution in [2.75, 3.05) is 5.32 Å². The summed E-state index contributed by atoms with van der Waals surface area (Å²) in [5.74, 6) is -0.898. The highest BCUT2D eigenvalue weighted by molar-refractivity contribution is 5.96. The van der Waals surface area contributed by atoms with Gasteiger partial charge in [0.25, 0.3) is 0 Å². The fourth-order valence-electron chi connectivity index (χ4n) is 2.90. The van der Waals surface area contributed by atoms with Gasteiger partial charge in [0.05, 0.1) is 6.20 Å². The summed E-state index contributed by atoms with van der Waals surface area (Å²) >= 11 is 0. The van der Waals surface area contributed by atoms with Gasteiger partial charge in [-0.2, -0.15) is 0 Å². The van der Waals surface area contributed by atoms with Crippen LogP contribution in [0.2, 0.25) is 0 Å². The smallest absolute Gasteiger partial charge is 0.408 e. The summed E-state index contributed by atoms with van der Waals surface area (Å²) < 4.78 is 5.27. The molecule has 3 amide bonds. The number of benzene rings is 1. The van der Waals surface area contributed by atoms with Crippen molar-refractivity contribution in [3.63, 3.8) is 0 Å². The summed E-state index contributed by atoms with van der Waals surface area (Å²) in [6, 6.07) is 9.15. The molecule has 0 bridgehead atoms. The number of ether oxygens (including phenoxy) is 1. The molecule has 10 nitrogen and oxygen atoms in total. The maximum atomic E-state index is 12.9. The van der Waals surface area contributed by atoms with E-state index >= 15 is 0 Å². The van der Waals surface area contributed by atoms with E-state index in [1.54, 1.807) is 44.5 Å². The largest absolute Gasteiger partial charge is 0.506 e. The molecule has 2 rings (SSSR count). The van der Waals surface area contributed by atoms with E-state index in [1.165, 1.54) is 12.3 Å². The van der Waals surface area contributed by atoms with E-state index in [9.17, 15) is 19.5 Å². The van der Waals surface area contributed by atoms with E-state index in [2.05, 4.69) is 15.6 Å². The number of alkyl carbamates (subject to hydrolysis) is 1. The number of anilines is 1. The lowest BCUT2D eigenvalue weighted by Gasteiger charge is -2.23. The molecule has 178 valence electrons. The fourth-order valence-corrected chi connectivity index (χ4v) is 2.90. The molecule has 2 aromatic rings. The molecule has 0 aliphatic rings. The van der Waals surface area contributed by atoms with Crippen molar-refractivity contribution in [1.29, 1.82) is 0 Å². The van der Waals surface area contributed by atoms with Crippen molar-refractivity contribution < 1.29 is 29.4 Å². The predicted molar refractivity (Wildman–Crippen MR) is 121 cm³/mol. The molecule has 1 unspecified atom stereocenters. The van der Waals surface area contributed by atoms with Gasteiger partial charge in [0.15, 0.2) is 0 Å². The first kappa shape index (κ1) is 25.6. The lowest BCUT2D eigenvalue weighted by molar-refractivity contribution is -0.129. The first-order valence-electron chi connectivity index (χ1n) is 10.5. The normalized spacial score (nSPS) is 11.9. The number of pyridine rings is 1. The molecule has 0 spiro atoms. The van der Waals surface area contributed by atoms with Crippen LogP contribution in [0, 0.1) is 0 Å². The minimum Gasteiger partial charge on any atom is -0.506 e. The summed E-state index contributed by atoms with van der Waals surface area (Å²) in [5.41, 5.74) is 2.88. The van der Waals surface area contributed by atoms with Crippen molar-refractivity contribution in [3.05, 3.63) is 53.9 Å². The van der Waals surface area contributed by atoms with Crippen molar-refractivity contribution in [2.24, 2.45) is 0 Å². The molecule has 1 heterocycles. The third kappa shape index (κ3) is 9.56. The molecule has 1 aromatic heterocycles. The van der Waals surface area contributed by atoms with Gasteiger partial charge < -0.3 is 20.5 Å². The zero-order valence-corrected chi connectivity index (χ0v) is 18.9. The van der Waals surface area contributed by atoms with Crippen LogP contribution >= 0.6 is 0 Å². The maximum absolute atomic E-state index is 12.9. The average molecular weight is 459 g/mol. The van der Waals surface area contributed by atoms with Crippen LogP contribution < -0.4 is 16.1 Å². The predicted octanol–water partition coefficient (Wildman–Crippen LogP) is 2.69. The van der Waals surface area contributed by atoms with Gasteiger partial charge in [-0.3, -0.25) is 19.8 Å². The number of nitrogens with zero attached hydrogens (tertiary/aromatic N) is 1. The molecular weight excluding hydrogens is 428 g/mol. The van der Waals surface area contributed by atoms with Gasteiger partial charge in [-0.05, 0) is 63.4 Å². The number of hydrogen-bond acceptors (Lipinski definition) is 7. The van der Waals surface area contributed by atoms with Crippen LogP contribution in [0.5, 0.6) is 5.75 Å². The number of hydroxylamine groups is 1. The number of rotatable bonds is 9. The third-order valence-electron chi connectivity index (χ3n) is 4.45. The van der Waals surface area contributed by atoms with Crippen LogP contribution in [-0.2, 0) is 27.2 Å². The molecule has 0 fully saturated rings. The molecule has 0 radical (unpaired) electrons. The summed E-state index contributed by atoms with van der Waals surface area (Å²) in [5, 5.41) is 23.3. The zero-order valence-electron chi connectivity index (χ0n) is 18.9. The van der Waals surface area contributed by atoms with Gasteiger partial charge in [-0.1, -0.05) is 12.1 Å². The standard InChI is InChI=1S/C23H30N4O6/c1-23(2,3)33-22(31)26-19(13-17-11-12-18(28)14-24-17)21(30)25-16-9-7-15(8-10-16)5-4-6-20(29)27-32/h7-12,14,19,28,32H,4-6,13H2,1-3H3,(H,25,30)(H,26,31)(H,27,29). The van der Waals surface area contributed by atoms with Crippen LogP contribution in [0.25, 0.3) is 0 Å². The highest BCUT2D eigenvalue weighted by atomic mass is 16.6. The van der Waals surface area contributed by atoms with E-state index in [0.717, 1.165) is 5.56 Å². The Morgan fingerprint density at radius 1 is 1.09 bits per heavy atom. The molecule has 5 N–H and O–H groups in total. The Bertz CT molecular complexity index is 939. The summed E-state index contributed by atoms with van der Waals surface area (Å²) in [7, 11) is 0. The third-order valence-corrected chi connectivity index (χ3v) is 4.45. The van der Waals surface area contributed by atoms with Crippen LogP contribution in [-0.4, -0.2) is 44.8 Å². The lowest BCUT2D eigenvalue weighted by Crippen LogP contribution is -2.47. The number of carbonyl (C=O) groups excluding carboxylic acids is 3. The summed E-state index contributed by atoms with van der Waals surface area (Å²) in [4.78, 5) is 40.3. The highest BCUT2D eigenvalue weighted by Gasteiger charge is 2.25. The van der Waals surface area contributed by atoms with E-state index < -0.39 is 29.6 Å². The fraction of sp³-hybridized carbons (Fsp3) is 0.391. The summed E-state index contributed by atoms with van der Waals surface area (Å²) in [6.45, 7) is 5.17. The van der Waals surface area contributed by atoms with Crippen molar-refractivity contribution in [3.8, 4) is 5.75 Å². The number of carbonyl (C=O) groups is 3. The minimum atomic E-state index is -0.964. The minimum absolute atomic E-state index is 0.00284. The van der Waals surface area contributed by atoms with E-state index in [1.807, 2.05) is 12.1 Å². The lowest BCUT2D eigenvalue weighted by atomic mass is 10.1. The molecule has 10 heteroatoms. The SMILES string of the molecule is CC(C)(C)OC(=O)NC(Cc1ccc(O)cn1)C(=O)Nc1ccc(CCCC(=O)NO)cc1. The van der Waals surface area contributed by atoms with Crippen molar-refractivity contribution in [1.82, 2.24) is 15.8 Å². The first-order chi connectivity index (χ1) is 15.6. The van der Waals surface area contributed by atoms with E-state index in [-0.39, 0.29) is 18.6 Å². The van der Waals surface area contributed by atoms with Gasteiger partial charge in [0.2, 0.25) is 11.8 Å². The number of aromatic hydroxyl groups is 1. The van der Waals surface area contributed by atoms with E-state index in [4.69, 9.17) is 9.94 Å². The Balaban J connectivity index is 2.04. The molecule has 0 aliphatic heterocycles. The van der Waals surface area contributed by atoms with Crippen LogP contribution in [0.15, 0.2) is 42.6 Å². The Hall–Kier alpha value is -3.66. The van der Waals surface area contributed by atoms with Gasteiger partial charge in [-0.15, -0.1) is 0 Å². The number of hydrogen-bond donors (Lipinski definition) is 5. The quantitative estimate of drug-likeness (QED) is 0.286.